The van der Waals surface area contributed by atoms with Crippen molar-refractivity contribution < 1.29 is 14.3 Å². The summed E-state index contributed by atoms with van der Waals surface area (Å²) in [4.78, 5) is 18.7. The van der Waals surface area contributed by atoms with Gasteiger partial charge in [-0.1, -0.05) is 17.8 Å². The molecule has 2 heterocycles. The lowest BCUT2D eigenvalue weighted by atomic mass is 9.96. The van der Waals surface area contributed by atoms with Crippen LogP contribution in [0.15, 0.2) is 46.5 Å². The van der Waals surface area contributed by atoms with Gasteiger partial charge < -0.3 is 14.4 Å². The lowest BCUT2D eigenvalue weighted by molar-refractivity contribution is 0.261. The number of carbonyl (C=O) groups excluding carboxylic acids is 1. The third-order valence-corrected chi connectivity index (χ3v) is 6.52. The van der Waals surface area contributed by atoms with Crippen LogP contribution in [0.3, 0.4) is 0 Å². The molecule has 1 N–H and O–H groups in total. The number of carbonyl (C=O) groups is 1. The van der Waals surface area contributed by atoms with Crippen molar-refractivity contribution in [1.29, 1.82) is 0 Å². The van der Waals surface area contributed by atoms with Crippen LogP contribution in [0.25, 0.3) is 0 Å². The van der Waals surface area contributed by atoms with Gasteiger partial charge in [-0.15, -0.1) is 0 Å². The molecule has 32 heavy (non-hydrogen) atoms. The molecule has 0 fully saturated rings. The van der Waals surface area contributed by atoms with Crippen LogP contribution < -0.4 is 19.8 Å². The number of hydrazone groups is 1. The van der Waals surface area contributed by atoms with Crippen LogP contribution in [0, 0.1) is 0 Å². The van der Waals surface area contributed by atoms with Crippen molar-refractivity contribution in [1.82, 2.24) is 5.43 Å². The van der Waals surface area contributed by atoms with E-state index in [-0.39, 0.29) is 10.5 Å². The minimum atomic E-state index is -0.110. The van der Waals surface area contributed by atoms with E-state index < -0.39 is 0 Å². The number of methoxy groups -OCH3 is 2. The molecule has 0 radical (unpaired) electrons. The van der Waals surface area contributed by atoms with Crippen molar-refractivity contribution in [2.24, 2.45) is 10.1 Å². The van der Waals surface area contributed by atoms with E-state index in [1.165, 1.54) is 17.3 Å². The van der Waals surface area contributed by atoms with Gasteiger partial charge in [-0.2, -0.15) is 5.10 Å². The van der Waals surface area contributed by atoms with E-state index in [9.17, 15) is 4.79 Å². The van der Waals surface area contributed by atoms with Crippen molar-refractivity contribution in [2.75, 3.05) is 32.2 Å². The number of aliphatic imine (C=N–C) groups is 1. The van der Waals surface area contributed by atoms with Crippen molar-refractivity contribution in [2.45, 2.75) is 31.9 Å². The Bertz CT molecular complexity index is 1080. The fourth-order valence-electron chi connectivity index (χ4n) is 4.17. The van der Waals surface area contributed by atoms with E-state index in [2.05, 4.69) is 33.6 Å². The van der Waals surface area contributed by atoms with Crippen LogP contribution >= 0.6 is 11.8 Å². The molecule has 0 spiro atoms. The minimum Gasteiger partial charge on any atom is -0.493 e. The molecule has 0 aromatic heterocycles. The van der Waals surface area contributed by atoms with Crippen LogP contribution in [0.4, 0.5) is 10.5 Å². The van der Waals surface area contributed by atoms with E-state index in [0.717, 1.165) is 47.7 Å². The van der Waals surface area contributed by atoms with Gasteiger partial charge >= 0.3 is 0 Å². The monoisotopic (exact) mass is 452 g/mol. The molecule has 2 aromatic carbocycles. The highest BCUT2D eigenvalue weighted by Crippen LogP contribution is 2.33. The summed E-state index contributed by atoms with van der Waals surface area (Å²) in [5.41, 5.74) is 7.94. The number of aryl methyl sites for hydroxylation is 1. The molecule has 0 saturated heterocycles. The molecule has 7 nitrogen and oxygen atoms in total. The summed E-state index contributed by atoms with van der Waals surface area (Å²) in [7, 11) is 3.28. The summed E-state index contributed by atoms with van der Waals surface area (Å²) < 4.78 is 10.9. The largest absolute Gasteiger partial charge is 0.493 e. The lowest BCUT2D eigenvalue weighted by Crippen LogP contribution is -2.36. The number of nitrogens with zero attached hydrogens (tertiary/aromatic N) is 3. The molecule has 1 amide bonds. The summed E-state index contributed by atoms with van der Waals surface area (Å²) in [5, 5.41) is 4.22. The van der Waals surface area contributed by atoms with Gasteiger partial charge in [0.25, 0.3) is 5.24 Å². The summed E-state index contributed by atoms with van der Waals surface area (Å²) in [5.74, 6) is 2.31. The number of fused-ring (bicyclic) bond motifs is 1. The molecule has 1 atom stereocenters. The molecule has 8 heteroatoms. The van der Waals surface area contributed by atoms with Crippen molar-refractivity contribution >= 4 is 34.2 Å². The molecule has 0 aliphatic carbocycles. The first-order valence-electron chi connectivity index (χ1n) is 10.8. The predicted octanol–water partition coefficient (Wildman–Crippen LogP) is 4.47. The van der Waals surface area contributed by atoms with Crippen molar-refractivity contribution in [3.05, 3.63) is 53.1 Å². The molecule has 0 unspecified atom stereocenters. The standard InChI is InChI=1S/C24H28N4O3S/c1-5-25-23(18-9-11-20(30-3)21(14-18)31-4)28-12-6-7-16-13-17(8-10-19(16)28)22-15(2)32-24(29)27-26-22/h8-11,13-15H,5-7,12H2,1-4H3,(H,27,29)/t15-/m1/s1. The maximum absolute atomic E-state index is 11.6. The molecule has 168 valence electrons. The van der Waals surface area contributed by atoms with Gasteiger partial charge in [0.15, 0.2) is 11.5 Å². The SMILES string of the molecule is CCN=C(c1ccc(OC)c(OC)c1)N1CCCc2cc(C3=NNC(=O)S[C@@H]3C)ccc21. The van der Waals surface area contributed by atoms with Crippen LogP contribution in [-0.4, -0.2) is 49.3 Å². The number of hydrogen-bond donors (Lipinski definition) is 1. The fraction of sp³-hybridized carbons (Fsp3) is 0.375. The van der Waals surface area contributed by atoms with E-state index in [1.54, 1.807) is 14.2 Å². The second-order valence-corrected chi connectivity index (χ2v) is 8.94. The van der Waals surface area contributed by atoms with Crippen LogP contribution in [-0.2, 0) is 6.42 Å². The van der Waals surface area contributed by atoms with Gasteiger partial charge in [0.05, 0.1) is 25.2 Å². The topological polar surface area (TPSA) is 75.5 Å². The Labute approximate surface area is 192 Å². The van der Waals surface area contributed by atoms with Crippen LogP contribution in [0.5, 0.6) is 11.5 Å². The Morgan fingerprint density at radius 1 is 1.22 bits per heavy atom. The fourth-order valence-corrected chi connectivity index (χ4v) is 4.89. The minimum absolute atomic E-state index is 0.0190. The zero-order valence-corrected chi connectivity index (χ0v) is 19.7. The van der Waals surface area contributed by atoms with E-state index >= 15 is 0 Å². The first-order valence-corrected chi connectivity index (χ1v) is 11.7. The van der Waals surface area contributed by atoms with E-state index in [1.807, 2.05) is 32.0 Å². The second kappa shape index (κ2) is 9.65. The third kappa shape index (κ3) is 4.32. The number of nitrogens with one attached hydrogen (secondary N) is 1. The maximum Gasteiger partial charge on any atom is 0.299 e. The average Bonchev–Trinajstić information content (AvgIpc) is 2.81. The van der Waals surface area contributed by atoms with Gasteiger partial charge in [0.1, 0.15) is 5.84 Å². The first kappa shape index (κ1) is 22.2. The van der Waals surface area contributed by atoms with Gasteiger partial charge in [0.2, 0.25) is 0 Å². The first-order chi connectivity index (χ1) is 15.5. The number of thioether (sulfide) groups is 1. The maximum atomic E-state index is 11.6. The van der Waals surface area contributed by atoms with Crippen LogP contribution in [0.1, 0.15) is 37.0 Å². The number of rotatable bonds is 5. The third-order valence-electron chi connectivity index (χ3n) is 5.64. The molecule has 2 aromatic rings. The van der Waals surface area contributed by atoms with Gasteiger partial charge in [-0.3, -0.25) is 9.79 Å². The zero-order chi connectivity index (χ0) is 22.7. The number of anilines is 1. The Kier molecular flexibility index (Phi) is 6.69. The Morgan fingerprint density at radius 3 is 2.75 bits per heavy atom. The molecular formula is C24H28N4O3S. The van der Waals surface area contributed by atoms with Crippen LogP contribution in [0.2, 0.25) is 0 Å². The summed E-state index contributed by atoms with van der Waals surface area (Å²) >= 11 is 1.26. The second-order valence-electron chi connectivity index (χ2n) is 7.62. The molecular weight excluding hydrogens is 424 g/mol. The Hall–Kier alpha value is -3.00. The number of ether oxygens (including phenoxy) is 2. The Balaban J connectivity index is 1.71. The summed E-state index contributed by atoms with van der Waals surface area (Å²) in [6.07, 6.45) is 2.02. The normalized spacial score (nSPS) is 18.6. The summed E-state index contributed by atoms with van der Waals surface area (Å²) in [6.45, 7) is 5.63. The summed E-state index contributed by atoms with van der Waals surface area (Å²) in [6, 6.07) is 12.4. The van der Waals surface area contributed by atoms with Gasteiger partial charge in [-0.25, -0.2) is 5.43 Å². The van der Waals surface area contributed by atoms with E-state index in [4.69, 9.17) is 14.5 Å². The highest BCUT2D eigenvalue weighted by molar-refractivity contribution is 8.14. The van der Waals surface area contributed by atoms with Crippen molar-refractivity contribution in [3.8, 4) is 11.5 Å². The Morgan fingerprint density at radius 2 is 2.03 bits per heavy atom. The van der Waals surface area contributed by atoms with Crippen molar-refractivity contribution in [3.63, 3.8) is 0 Å². The predicted molar refractivity (Wildman–Crippen MR) is 131 cm³/mol. The highest BCUT2D eigenvalue weighted by atomic mass is 32.2. The quantitative estimate of drug-likeness (QED) is 0.535. The van der Waals surface area contributed by atoms with Gasteiger partial charge in [-0.05, 0) is 68.1 Å². The molecule has 2 aliphatic heterocycles. The average molecular weight is 453 g/mol. The number of amidine groups is 1. The molecule has 2 aliphatic rings. The zero-order valence-electron chi connectivity index (χ0n) is 18.8. The van der Waals surface area contributed by atoms with E-state index in [0.29, 0.717) is 18.0 Å². The number of amides is 1. The highest BCUT2D eigenvalue weighted by Gasteiger charge is 2.26. The molecule has 0 saturated carbocycles. The lowest BCUT2D eigenvalue weighted by Gasteiger charge is -2.33. The molecule has 0 bridgehead atoms. The van der Waals surface area contributed by atoms with Gasteiger partial charge in [0, 0.05) is 24.3 Å². The number of benzene rings is 2. The molecule has 4 rings (SSSR count). The smallest absolute Gasteiger partial charge is 0.299 e. The number of hydrogen-bond acceptors (Lipinski definition) is 6.